The lowest BCUT2D eigenvalue weighted by atomic mass is 10.1. The molecule has 0 spiro atoms. The van der Waals surface area contributed by atoms with E-state index in [0.29, 0.717) is 16.9 Å². The van der Waals surface area contributed by atoms with Crippen molar-refractivity contribution >= 4 is 45.4 Å². The first-order valence-corrected chi connectivity index (χ1v) is 13.2. The minimum atomic E-state index is -4.30. The molecule has 0 fully saturated rings. The summed E-state index contributed by atoms with van der Waals surface area (Å²) in [6.45, 7) is 3.24. The number of carbonyl (C=O) groups is 3. The zero-order valence-electron chi connectivity index (χ0n) is 21.8. The van der Waals surface area contributed by atoms with E-state index in [4.69, 9.17) is 13.7 Å². The Bertz CT molecular complexity index is 1590. The molecule has 0 aliphatic heterocycles. The molecule has 3 rings (SSSR count). The average molecular weight is 564 g/mol. The van der Waals surface area contributed by atoms with Crippen LogP contribution >= 0.6 is 0 Å². The van der Waals surface area contributed by atoms with Gasteiger partial charge in [0.2, 0.25) is 5.91 Å². The summed E-state index contributed by atoms with van der Waals surface area (Å²) in [5.74, 6) is -1.61. The van der Waals surface area contributed by atoms with E-state index in [2.05, 4.69) is 10.6 Å². The first-order chi connectivity index (χ1) is 19.1. The Morgan fingerprint density at radius 2 is 1.55 bits per heavy atom. The normalized spacial score (nSPS) is 11.1. The maximum absolute atomic E-state index is 12.9. The molecule has 0 bridgehead atoms. The molecule has 0 unspecified atom stereocenters. The van der Waals surface area contributed by atoms with Crippen LogP contribution in [0.2, 0.25) is 0 Å². The highest BCUT2D eigenvalue weighted by Gasteiger charge is 2.20. The molecule has 12 heteroatoms. The van der Waals surface area contributed by atoms with E-state index in [1.54, 1.807) is 6.92 Å². The summed E-state index contributed by atoms with van der Waals surface area (Å²) in [4.78, 5) is 35.5. The summed E-state index contributed by atoms with van der Waals surface area (Å²) >= 11 is 0. The molecule has 0 aliphatic carbocycles. The zero-order chi connectivity index (χ0) is 29.3. The van der Waals surface area contributed by atoms with Gasteiger partial charge in [0.25, 0.3) is 5.91 Å². The van der Waals surface area contributed by atoms with Crippen molar-refractivity contribution in [1.82, 2.24) is 0 Å². The highest BCUT2D eigenvalue weighted by molar-refractivity contribution is 7.87. The highest BCUT2D eigenvalue weighted by atomic mass is 32.2. The Labute approximate surface area is 231 Å². The topological polar surface area (TPSA) is 161 Å². The van der Waals surface area contributed by atoms with Crippen LogP contribution in [0.3, 0.4) is 0 Å². The minimum Gasteiger partial charge on any atom is -0.493 e. The van der Waals surface area contributed by atoms with Crippen molar-refractivity contribution in [2.75, 3.05) is 24.4 Å². The fourth-order valence-corrected chi connectivity index (χ4v) is 4.27. The zero-order valence-corrected chi connectivity index (χ0v) is 22.6. The average Bonchev–Trinajstić information content (AvgIpc) is 2.92. The summed E-state index contributed by atoms with van der Waals surface area (Å²) in [6, 6.07) is 17.4. The van der Waals surface area contributed by atoms with E-state index in [0.717, 1.165) is 0 Å². The lowest BCUT2D eigenvalue weighted by Crippen LogP contribution is -2.14. The van der Waals surface area contributed by atoms with E-state index >= 15 is 0 Å². The molecular formula is C28H25N3O8S. The van der Waals surface area contributed by atoms with Gasteiger partial charge >= 0.3 is 16.1 Å². The first kappa shape index (κ1) is 29.4. The lowest BCUT2D eigenvalue weighted by molar-refractivity contribution is -0.114. The van der Waals surface area contributed by atoms with Gasteiger partial charge in [0.1, 0.15) is 16.5 Å². The molecule has 2 N–H and O–H groups in total. The van der Waals surface area contributed by atoms with Gasteiger partial charge in [0.15, 0.2) is 11.5 Å². The van der Waals surface area contributed by atoms with Gasteiger partial charge in [-0.05, 0) is 79.2 Å². The molecule has 0 radical (unpaired) electrons. The number of nitrogens with one attached hydrogen (secondary N) is 2. The summed E-state index contributed by atoms with van der Waals surface area (Å²) in [6.07, 6.45) is 1.25. The van der Waals surface area contributed by atoms with Gasteiger partial charge in [0, 0.05) is 18.3 Å². The van der Waals surface area contributed by atoms with Crippen LogP contribution in [0.25, 0.3) is 6.08 Å². The molecule has 11 nitrogen and oxygen atoms in total. The lowest BCUT2D eigenvalue weighted by Gasteiger charge is -2.12. The highest BCUT2D eigenvalue weighted by Crippen LogP contribution is 2.32. The number of hydrogen-bond donors (Lipinski definition) is 2. The fraction of sp³-hybridized carbons (Fsp3) is 0.143. The summed E-state index contributed by atoms with van der Waals surface area (Å²) in [7, 11) is -2.98. The molecule has 3 aromatic carbocycles. The maximum atomic E-state index is 12.9. The standard InChI is InChI=1S/C28H25N3O8S/c1-4-38-28(34)20-6-8-23(9-7-20)31-27(33)21(17-29)15-19-5-14-25(37-3)26(16-19)39-40(35,36)24-12-10-22(11-13-24)30-18(2)32/h5-16H,4H2,1-3H3,(H,30,32)(H,31,33)/b21-15+. The number of carbonyl (C=O) groups excluding carboxylic acids is 3. The number of esters is 1. The number of amides is 2. The largest absolute Gasteiger partial charge is 0.493 e. The molecule has 3 aromatic rings. The van der Waals surface area contributed by atoms with Crippen molar-refractivity contribution in [2.24, 2.45) is 0 Å². The van der Waals surface area contributed by atoms with E-state index in [1.807, 2.05) is 6.07 Å². The van der Waals surface area contributed by atoms with Crippen molar-refractivity contribution < 1.29 is 36.5 Å². The van der Waals surface area contributed by atoms with Gasteiger partial charge in [-0.2, -0.15) is 13.7 Å². The number of ether oxygens (including phenoxy) is 2. The number of hydrogen-bond acceptors (Lipinski definition) is 9. The third-order valence-corrected chi connectivity index (χ3v) is 6.43. The van der Waals surface area contributed by atoms with Crippen molar-refractivity contribution in [3.05, 3.63) is 83.4 Å². The predicted molar refractivity (Wildman–Crippen MR) is 146 cm³/mol. The van der Waals surface area contributed by atoms with E-state index in [-0.39, 0.29) is 40.0 Å². The molecule has 0 atom stereocenters. The van der Waals surface area contributed by atoms with Crippen LogP contribution in [0, 0.1) is 11.3 Å². The SMILES string of the molecule is CCOC(=O)c1ccc(NC(=O)/C(C#N)=C/c2ccc(OC)c(OS(=O)(=O)c3ccc(NC(C)=O)cc3)c2)cc1. The minimum absolute atomic E-state index is 0.0974. The monoisotopic (exact) mass is 563 g/mol. The smallest absolute Gasteiger partial charge is 0.339 e. The first-order valence-electron chi connectivity index (χ1n) is 11.8. The Morgan fingerprint density at radius 1 is 0.925 bits per heavy atom. The maximum Gasteiger partial charge on any atom is 0.339 e. The van der Waals surface area contributed by atoms with Crippen molar-refractivity contribution in [2.45, 2.75) is 18.7 Å². The molecular weight excluding hydrogens is 538 g/mol. The van der Waals surface area contributed by atoms with Gasteiger partial charge in [-0.3, -0.25) is 9.59 Å². The number of benzene rings is 3. The molecule has 0 heterocycles. The number of nitrogens with zero attached hydrogens (tertiary/aromatic N) is 1. The second-order valence-corrected chi connectivity index (χ2v) is 9.62. The Balaban J connectivity index is 1.81. The van der Waals surface area contributed by atoms with Crippen LogP contribution in [0.4, 0.5) is 11.4 Å². The van der Waals surface area contributed by atoms with E-state index in [9.17, 15) is 28.1 Å². The summed E-state index contributed by atoms with van der Waals surface area (Å²) < 4.78 is 41.2. The van der Waals surface area contributed by atoms with Crippen molar-refractivity contribution in [3.63, 3.8) is 0 Å². The van der Waals surface area contributed by atoms with Gasteiger partial charge in [0.05, 0.1) is 19.3 Å². The van der Waals surface area contributed by atoms with Crippen LogP contribution in [0.15, 0.2) is 77.2 Å². The van der Waals surface area contributed by atoms with E-state index in [1.165, 1.54) is 86.8 Å². The third kappa shape index (κ3) is 7.68. The van der Waals surface area contributed by atoms with E-state index < -0.39 is 22.0 Å². The van der Waals surface area contributed by atoms with Gasteiger partial charge in [-0.25, -0.2) is 4.79 Å². The van der Waals surface area contributed by atoms with Gasteiger partial charge in [-0.1, -0.05) is 6.07 Å². The molecule has 0 saturated heterocycles. The second kappa shape index (κ2) is 13.1. The summed E-state index contributed by atoms with van der Waals surface area (Å²) in [5, 5.41) is 14.7. The predicted octanol–water partition coefficient (Wildman–Crippen LogP) is 4.14. The van der Waals surface area contributed by atoms with Crippen LogP contribution < -0.4 is 19.6 Å². The second-order valence-electron chi connectivity index (χ2n) is 8.08. The number of rotatable bonds is 10. The molecule has 206 valence electrons. The number of anilines is 2. The molecule has 2 amide bonds. The van der Waals surface area contributed by atoms with Crippen LogP contribution in [-0.4, -0.2) is 39.9 Å². The Hall–Kier alpha value is -5.15. The van der Waals surface area contributed by atoms with Crippen LogP contribution in [-0.2, 0) is 24.4 Å². The molecule has 0 aromatic heterocycles. The fourth-order valence-electron chi connectivity index (χ4n) is 3.34. The summed E-state index contributed by atoms with van der Waals surface area (Å²) in [5.41, 5.74) is 1.07. The number of methoxy groups -OCH3 is 1. The molecule has 0 aliphatic rings. The van der Waals surface area contributed by atoms with Gasteiger partial charge < -0.3 is 24.3 Å². The van der Waals surface area contributed by atoms with Crippen molar-refractivity contribution in [1.29, 1.82) is 5.26 Å². The Morgan fingerprint density at radius 3 is 2.12 bits per heavy atom. The third-order valence-electron chi connectivity index (χ3n) is 5.18. The molecule has 0 saturated carbocycles. The Kier molecular flexibility index (Phi) is 9.61. The van der Waals surface area contributed by atoms with Gasteiger partial charge in [-0.15, -0.1) is 0 Å². The quantitative estimate of drug-likeness (QED) is 0.160. The van der Waals surface area contributed by atoms with Crippen LogP contribution in [0.1, 0.15) is 29.8 Å². The van der Waals surface area contributed by atoms with Crippen LogP contribution in [0.5, 0.6) is 11.5 Å². The molecule has 40 heavy (non-hydrogen) atoms. The number of nitriles is 1. The van der Waals surface area contributed by atoms with Crippen molar-refractivity contribution in [3.8, 4) is 17.6 Å².